The molecule has 0 aliphatic carbocycles. The summed E-state index contributed by atoms with van der Waals surface area (Å²) in [6.07, 6.45) is 1.96. The van der Waals surface area contributed by atoms with Crippen molar-refractivity contribution in [3.63, 3.8) is 0 Å². The van der Waals surface area contributed by atoms with Crippen molar-refractivity contribution in [1.82, 2.24) is 5.32 Å². The van der Waals surface area contributed by atoms with Crippen molar-refractivity contribution in [2.24, 2.45) is 0 Å². The Bertz CT molecular complexity index is 614. The van der Waals surface area contributed by atoms with Crippen LogP contribution in [0.15, 0.2) is 41.3 Å². The zero-order valence-electron chi connectivity index (χ0n) is 11.8. The molecule has 0 aromatic heterocycles. The molecule has 2 aromatic rings. The Morgan fingerprint density at radius 3 is 2.19 bits per heavy atom. The van der Waals surface area contributed by atoms with Gasteiger partial charge in [-0.3, -0.25) is 0 Å². The van der Waals surface area contributed by atoms with Crippen LogP contribution in [0.25, 0.3) is 0 Å². The molecule has 1 N–H and O–H groups in total. The Balaban J connectivity index is 2.44. The normalized spacial score (nSPS) is 12.4. The highest BCUT2D eigenvalue weighted by atomic mass is 32.2. The van der Waals surface area contributed by atoms with Gasteiger partial charge in [-0.2, -0.15) is 0 Å². The number of benzene rings is 2. The van der Waals surface area contributed by atoms with Crippen molar-refractivity contribution in [2.45, 2.75) is 17.9 Å². The van der Waals surface area contributed by atoms with E-state index in [1.807, 2.05) is 37.4 Å². The first-order valence-electron chi connectivity index (χ1n) is 6.58. The quantitative estimate of drug-likeness (QED) is 0.643. The summed E-state index contributed by atoms with van der Waals surface area (Å²) in [5.41, 5.74) is 0.909. The lowest BCUT2D eigenvalue weighted by Crippen LogP contribution is -2.23. The van der Waals surface area contributed by atoms with E-state index in [1.54, 1.807) is 11.8 Å². The van der Waals surface area contributed by atoms with Crippen LogP contribution in [0.3, 0.4) is 0 Å². The standard InChI is InChI=1S/C16H16F3NS/c1-3-20-16(10-4-6-11(21-2)7-5-10)12-8-14(18)15(19)9-13(12)17/h4-9,16,20H,3H2,1-2H3. The highest BCUT2D eigenvalue weighted by Crippen LogP contribution is 2.27. The van der Waals surface area contributed by atoms with Crippen LogP contribution in [-0.4, -0.2) is 12.8 Å². The predicted octanol–water partition coefficient (Wildman–Crippen LogP) is 4.52. The van der Waals surface area contributed by atoms with Gasteiger partial charge in [0.25, 0.3) is 0 Å². The molecule has 0 saturated carbocycles. The molecule has 2 aromatic carbocycles. The number of nitrogens with one attached hydrogen (secondary N) is 1. The van der Waals surface area contributed by atoms with E-state index in [9.17, 15) is 13.2 Å². The molecule has 0 aliphatic heterocycles. The Labute approximate surface area is 126 Å². The van der Waals surface area contributed by atoms with Gasteiger partial charge in [0.15, 0.2) is 11.6 Å². The Morgan fingerprint density at radius 1 is 1.00 bits per heavy atom. The van der Waals surface area contributed by atoms with Gasteiger partial charge in [-0.25, -0.2) is 13.2 Å². The van der Waals surface area contributed by atoms with Crippen LogP contribution in [0, 0.1) is 17.5 Å². The molecule has 1 nitrogen and oxygen atoms in total. The summed E-state index contributed by atoms with van der Waals surface area (Å²) in [4.78, 5) is 1.08. The van der Waals surface area contributed by atoms with Crippen LogP contribution in [0.5, 0.6) is 0 Å². The van der Waals surface area contributed by atoms with E-state index < -0.39 is 23.5 Å². The summed E-state index contributed by atoms with van der Waals surface area (Å²) in [5.74, 6) is -2.98. The van der Waals surface area contributed by atoms with Crippen LogP contribution >= 0.6 is 11.8 Å². The monoisotopic (exact) mass is 311 g/mol. The lowest BCUT2D eigenvalue weighted by Gasteiger charge is -2.20. The molecule has 21 heavy (non-hydrogen) atoms. The van der Waals surface area contributed by atoms with Crippen molar-refractivity contribution < 1.29 is 13.2 Å². The topological polar surface area (TPSA) is 12.0 Å². The maximum Gasteiger partial charge on any atom is 0.161 e. The van der Waals surface area contributed by atoms with Gasteiger partial charge in [0.05, 0.1) is 6.04 Å². The molecule has 0 amide bonds. The zero-order chi connectivity index (χ0) is 15.4. The first-order valence-corrected chi connectivity index (χ1v) is 7.81. The largest absolute Gasteiger partial charge is 0.306 e. The molecular formula is C16H16F3NS. The summed E-state index contributed by atoms with van der Waals surface area (Å²) in [5, 5.41) is 3.10. The van der Waals surface area contributed by atoms with Gasteiger partial charge < -0.3 is 5.32 Å². The van der Waals surface area contributed by atoms with Gasteiger partial charge >= 0.3 is 0 Å². The molecule has 5 heteroatoms. The van der Waals surface area contributed by atoms with Crippen molar-refractivity contribution in [2.75, 3.05) is 12.8 Å². The Kier molecular flexibility index (Phi) is 5.31. The molecule has 0 spiro atoms. The maximum atomic E-state index is 14.0. The second-order valence-corrected chi connectivity index (χ2v) is 5.43. The molecule has 0 heterocycles. The lowest BCUT2D eigenvalue weighted by molar-refractivity contribution is 0.481. The van der Waals surface area contributed by atoms with E-state index in [4.69, 9.17) is 0 Å². The third-order valence-corrected chi connectivity index (χ3v) is 3.95. The minimum atomic E-state index is -1.18. The summed E-state index contributed by atoms with van der Waals surface area (Å²) < 4.78 is 40.5. The van der Waals surface area contributed by atoms with Gasteiger partial charge in [0, 0.05) is 16.5 Å². The SMILES string of the molecule is CCNC(c1ccc(SC)cc1)c1cc(F)c(F)cc1F. The van der Waals surface area contributed by atoms with E-state index >= 15 is 0 Å². The van der Waals surface area contributed by atoms with E-state index in [-0.39, 0.29) is 5.56 Å². The maximum absolute atomic E-state index is 14.0. The predicted molar refractivity (Wildman–Crippen MR) is 80.1 cm³/mol. The second-order valence-electron chi connectivity index (χ2n) is 4.55. The van der Waals surface area contributed by atoms with Crippen LogP contribution in [0.4, 0.5) is 13.2 Å². The summed E-state index contributed by atoms with van der Waals surface area (Å²) in [7, 11) is 0. The molecular weight excluding hydrogens is 295 g/mol. The third-order valence-electron chi connectivity index (χ3n) is 3.21. The molecule has 1 unspecified atom stereocenters. The minimum Gasteiger partial charge on any atom is -0.306 e. The molecule has 0 bridgehead atoms. The highest BCUT2D eigenvalue weighted by Gasteiger charge is 2.19. The number of hydrogen-bond donors (Lipinski definition) is 1. The number of hydrogen-bond acceptors (Lipinski definition) is 2. The summed E-state index contributed by atoms with van der Waals surface area (Å²) in [6.45, 7) is 2.45. The van der Waals surface area contributed by atoms with Crippen molar-refractivity contribution in [3.05, 3.63) is 65.0 Å². The molecule has 112 valence electrons. The number of thioether (sulfide) groups is 1. The first-order chi connectivity index (χ1) is 10.1. The van der Waals surface area contributed by atoms with Gasteiger partial charge in [-0.05, 0) is 36.6 Å². The molecule has 0 aliphatic rings. The summed E-state index contributed by atoms with van der Waals surface area (Å²) in [6, 6.07) is 8.55. The van der Waals surface area contributed by atoms with Gasteiger partial charge in [0.2, 0.25) is 0 Å². The van der Waals surface area contributed by atoms with E-state index in [2.05, 4.69) is 5.32 Å². The lowest BCUT2D eigenvalue weighted by atomic mass is 9.98. The number of rotatable bonds is 5. The Morgan fingerprint density at radius 2 is 1.62 bits per heavy atom. The number of halogens is 3. The van der Waals surface area contributed by atoms with Crippen LogP contribution in [0.2, 0.25) is 0 Å². The molecule has 1 atom stereocenters. The van der Waals surface area contributed by atoms with E-state index in [1.165, 1.54) is 0 Å². The average molecular weight is 311 g/mol. The first kappa shape index (κ1) is 15.9. The van der Waals surface area contributed by atoms with Gasteiger partial charge in [-0.1, -0.05) is 19.1 Å². The van der Waals surface area contributed by atoms with Crippen molar-refractivity contribution >= 4 is 11.8 Å². The third kappa shape index (κ3) is 3.60. The second kappa shape index (κ2) is 7.00. The fourth-order valence-electron chi connectivity index (χ4n) is 2.17. The minimum absolute atomic E-state index is 0.104. The van der Waals surface area contributed by atoms with E-state index in [0.717, 1.165) is 16.5 Å². The van der Waals surface area contributed by atoms with E-state index in [0.29, 0.717) is 12.6 Å². The fraction of sp³-hybridized carbons (Fsp3) is 0.250. The molecule has 0 fully saturated rings. The van der Waals surface area contributed by atoms with Gasteiger partial charge in [0.1, 0.15) is 5.82 Å². The average Bonchev–Trinajstić information content (AvgIpc) is 2.49. The van der Waals surface area contributed by atoms with Gasteiger partial charge in [-0.15, -0.1) is 11.8 Å². The molecule has 2 rings (SSSR count). The smallest absolute Gasteiger partial charge is 0.161 e. The van der Waals surface area contributed by atoms with Crippen molar-refractivity contribution in [3.8, 4) is 0 Å². The molecule has 0 saturated heterocycles. The summed E-state index contributed by atoms with van der Waals surface area (Å²) >= 11 is 1.60. The van der Waals surface area contributed by atoms with Crippen LogP contribution in [0.1, 0.15) is 24.1 Å². The molecule has 0 radical (unpaired) electrons. The van der Waals surface area contributed by atoms with Crippen LogP contribution < -0.4 is 5.32 Å². The zero-order valence-corrected chi connectivity index (χ0v) is 12.6. The Hall–Kier alpha value is -1.46. The van der Waals surface area contributed by atoms with Crippen LogP contribution in [-0.2, 0) is 0 Å². The van der Waals surface area contributed by atoms with Crippen molar-refractivity contribution in [1.29, 1.82) is 0 Å². The highest BCUT2D eigenvalue weighted by molar-refractivity contribution is 7.98. The fourth-order valence-corrected chi connectivity index (χ4v) is 2.58.